The zero-order valence-corrected chi connectivity index (χ0v) is 10.8. The van der Waals surface area contributed by atoms with Gasteiger partial charge < -0.3 is 10.8 Å². The molecular weight excluding hydrogens is 214 g/mol. The van der Waals surface area contributed by atoms with Crippen LogP contribution >= 0.6 is 0 Å². The Labute approximate surface area is 103 Å². The molecular formula is C13H23N3O. The Bertz CT molecular complexity index is 364. The third-order valence-electron chi connectivity index (χ3n) is 3.61. The van der Waals surface area contributed by atoms with Gasteiger partial charge in [0.1, 0.15) is 0 Å². The highest BCUT2D eigenvalue weighted by molar-refractivity contribution is 5.18. The highest BCUT2D eigenvalue weighted by atomic mass is 16.3. The second-order valence-electron chi connectivity index (χ2n) is 5.73. The van der Waals surface area contributed by atoms with Crippen molar-refractivity contribution in [3.05, 3.63) is 18.0 Å². The van der Waals surface area contributed by atoms with Gasteiger partial charge >= 0.3 is 0 Å². The summed E-state index contributed by atoms with van der Waals surface area (Å²) in [5.74, 6) is 0.588. The fourth-order valence-electron chi connectivity index (χ4n) is 2.50. The van der Waals surface area contributed by atoms with Gasteiger partial charge in [-0.3, -0.25) is 4.68 Å². The van der Waals surface area contributed by atoms with Gasteiger partial charge in [-0.2, -0.15) is 5.10 Å². The lowest BCUT2D eigenvalue weighted by atomic mass is 9.77. The molecule has 1 fully saturated rings. The van der Waals surface area contributed by atoms with Crippen LogP contribution in [-0.4, -0.2) is 21.0 Å². The number of hydrogen-bond donors (Lipinski definition) is 2. The van der Waals surface area contributed by atoms with Crippen LogP contribution < -0.4 is 5.73 Å². The van der Waals surface area contributed by atoms with Crippen molar-refractivity contribution < 1.29 is 5.11 Å². The van der Waals surface area contributed by atoms with Crippen molar-refractivity contribution >= 4 is 0 Å². The molecule has 1 saturated carbocycles. The molecule has 17 heavy (non-hydrogen) atoms. The summed E-state index contributed by atoms with van der Waals surface area (Å²) in [7, 11) is 0. The number of nitrogens with two attached hydrogens (primary N) is 1. The summed E-state index contributed by atoms with van der Waals surface area (Å²) in [5.41, 5.74) is 7.25. The van der Waals surface area contributed by atoms with Crippen molar-refractivity contribution in [1.29, 1.82) is 0 Å². The smallest absolute Gasteiger partial charge is 0.0541 e. The quantitative estimate of drug-likeness (QED) is 0.839. The van der Waals surface area contributed by atoms with Gasteiger partial charge in [0.15, 0.2) is 0 Å². The predicted octanol–water partition coefficient (Wildman–Crippen LogP) is 1.63. The standard InChI is InChI=1S/C13H23N3O/c1-10(2)8-16-9-11(7-15-16)13(14)5-3-12(17)4-6-13/h7,9-10,12,17H,3-6,8,14H2,1-2H3. The third kappa shape index (κ3) is 2.87. The van der Waals surface area contributed by atoms with E-state index in [0.29, 0.717) is 5.92 Å². The topological polar surface area (TPSA) is 64.1 Å². The summed E-state index contributed by atoms with van der Waals surface area (Å²) in [5, 5.41) is 13.9. The fourth-order valence-corrected chi connectivity index (χ4v) is 2.50. The average Bonchev–Trinajstić information content (AvgIpc) is 2.71. The number of aromatic nitrogens is 2. The van der Waals surface area contributed by atoms with E-state index in [1.54, 1.807) is 0 Å². The van der Waals surface area contributed by atoms with Gasteiger partial charge in [-0.15, -0.1) is 0 Å². The SMILES string of the molecule is CC(C)Cn1cc(C2(N)CCC(O)CC2)cn1. The molecule has 2 rings (SSSR count). The molecule has 0 unspecified atom stereocenters. The van der Waals surface area contributed by atoms with E-state index >= 15 is 0 Å². The lowest BCUT2D eigenvalue weighted by molar-refractivity contribution is 0.0969. The molecule has 0 amide bonds. The Hall–Kier alpha value is -0.870. The van der Waals surface area contributed by atoms with Crippen molar-refractivity contribution in [2.45, 2.75) is 57.7 Å². The van der Waals surface area contributed by atoms with Crippen LogP contribution in [0.5, 0.6) is 0 Å². The van der Waals surface area contributed by atoms with E-state index in [1.165, 1.54) is 0 Å². The molecule has 1 heterocycles. The fraction of sp³-hybridized carbons (Fsp3) is 0.769. The molecule has 0 aromatic carbocycles. The highest BCUT2D eigenvalue weighted by Gasteiger charge is 2.33. The third-order valence-corrected chi connectivity index (χ3v) is 3.61. The van der Waals surface area contributed by atoms with Crippen LogP contribution in [0.4, 0.5) is 0 Å². The maximum atomic E-state index is 9.54. The van der Waals surface area contributed by atoms with E-state index < -0.39 is 0 Å². The van der Waals surface area contributed by atoms with E-state index in [0.717, 1.165) is 37.8 Å². The van der Waals surface area contributed by atoms with Crippen LogP contribution in [-0.2, 0) is 12.1 Å². The molecule has 0 aliphatic heterocycles. The number of aliphatic hydroxyl groups excluding tert-OH is 1. The first-order chi connectivity index (χ1) is 7.99. The predicted molar refractivity (Wildman–Crippen MR) is 67.4 cm³/mol. The molecule has 0 atom stereocenters. The highest BCUT2D eigenvalue weighted by Crippen LogP contribution is 2.34. The van der Waals surface area contributed by atoms with Gasteiger partial charge in [0.25, 0.3) is 0 Å². The minimum Gasteiger partial charge on any atom is -0.393 e. The minimum atomic E-state index is -0.283. The van der Waals surface area contributed by atoms with Crippen LogP contribution in [0.1, 0.15) is 45.1 Å². The van der Waals surface area contributed by atoms with Crippen LogP contribution in [0, 0.1) is 5.92 Å². The molecule has 1 aliphatic rings. The van der Waals surface area contributed by atoms with Crippen LogP contribution in [0.2, 0.25) is 0 Å². The Morgan fingerprint density at radius 2 is 2.18 bits per heavy atom. The van der Waals surface area contributed by atoms with Crippen molar-refractivity contribution in [3.8, 4) is 0 Å². The maximum Gasteiger partial charge on any atom is 0.0541 e. The molecule has 0 saturated heterocycles. The maximum absolute atomic E-state index is 9.54. The molecule has 96 valence electrons. The molecule has 0 bridgehead atoms. The molecule has 0 spiro atoms. The van der Waals surface area contributed by atoms with E-state index in [1.807, 2.05) is 10.9 Å². The first-order valence-corrected chi connectivity index (χ1v) is 6.49. The second kappa shape index (κ2) is 4.78. The van der Waals surface area contributed by atoms with Crippen molar-refractivity contribution in [2.24, 2.45) is 11.7 Å². The minimum absolute atomic E-state index is 0.169. The van der Waals surface area contributed by atoms with E-state index in [4.69, 9.17) is 5.73 Å². The van der Waals surface area contributed by atoms with E-state index in [9.17, 15) is 5.11 Å². The largest absolute Gasteiger partial charge is 0.393 e. The summed E-state index contributed by atoms with van der Waals surface area (Å²) in [6, 6.07) is 0. The second-order valence-corrected chi connectivity index (χ2v) is 5.73. The van der Waals surface area contributed by atoms with Crippen molar-refractivity contribution in [1.82, 2.24) is 9.78 Å². The lowest BCUT2D eigenvalue weighted by Crippen LogP contribution is -2.41. The lowest BCUT2D eigenvalue weighted by Gasteiger charge is -2.34. The Kier molecular flexibility index (Phi) is 3.54. The van der Waals surface area contributed by atoms with Gasteiger partial charge in [0, 0.05) is 23.8 Å². The van der Waals surface area contributed by atoms with Crippen molar-refractivity contribution in [2.75, 3.05) is 0 Å². The van der Waals surface area contributed by atoms with Gasteiger partial charge in [0.05, 0.1) is 12.3 Å². The monoisotopic (exact) mass is 237 g/mol. The number of nitrogens with zero attached hydrogens (tertiary/aromatic N) is 2. The number of aliphatic hydroxyl groups is 1. The van der Waals surface area contributed by atoms with Gasteiger partial charge in [-0.05, 0) is 31.6 Å². The molecule has 3 N–H and O–H groups in total. The summed E-state index contributed by atoms with van der Waals surface area (Å²) in [6.45, 7) is 5.28. The first kappa shape index (κ1) is 12.6. The first-order valence-electron chi connectivity index (χ1n) is 6.49. The normalized spacial score (nSPS) is 29.8. The van der Waals surface area contributed by atoms with Gasteiger partial charge in [-0.25, -0.2) is 0 Å². The van der Waals surface area contributed by atoms with Gasteiger partial charge in [0.2, 0.25) is 0 Å². The van der Waals surface area contributed by atoms with E-state index in [2.05, 4.69) is 25.1 Å². The number of hydrogen-bond acceptors (Lipinski definition) is 3. The molecule has 0 radical (unpaired) electrons. The van der Waals surface area contributed by atoms with E-state index in [-0.39, 0.29) is 11.6 Å². The van der Waals surface area contributed by atoms with Crippen LogP contribution in [0.15, 0.2) is 12.4 Å². The summed E-state index contributed by atoms with van der Waals surface area (Å²) < 4.78 is 1.97. The Morgan fingerprint density at radius 3 is 2.76 bits per heavy atom. The van der Waals surface area contributed by atoms with Crippen molar-refractivity contribution in [3.63, 3.8) is 0 Å². The molecule has 1 aliphatic carbocycles. The molecule has 4 heteroatoms. The Balaban J connectivity index is 2.08. The summed E-state index contributed by atoms with van der Waals surface area (Å²) in [4.78, 5) is 0. The zero-order valence-electron chi connectivity index (χ0n) is 10.8. The zero-order chi connectivity index (χ0) is 12.5. The van der Waals surface area contributed by atoms with Gasteiger partial charge in [-0.1, -0.05) is 13.8 Å². The summed E-state index contributed by atoms with van der Waals surface area (Å²) in [6.07, 6.45) is 7.08. The summed E-state index contributed by atoms with van der Waals surface area (Å²) >= 11 is 0. The molecule has 1 aromatic heterocycles. The number of rotatable bonds is 3. The van der Waals surface area contributed by atoms with Crippen LogP contribution in [0.25, 0.3) is 0 Å². The molecule has 4 nitrogen and oxygen atoms in total. The molecule has 1 aromatic rings. The van der Waals surface area contributed by atoms with Crippen LogP contribution in [0.3, 0.4) is 0 Å². The average molecular weight is 237 g/mol. The Morgan fingerprint density at radius 1 is 1.53 bits per heavy atom.